The van der Waals surface area contributed by atoms with Gasteiger partial charge >= 0.3 is 0 Å². The molecule has 0 aliphatic heterocycles. The van der Waals surface area contributed by atoms with Crippen LogP contribution in [0.1, 0.15) is 25.8 Å². The Morgan fingerprint density at radius 2 is 2.17 bits per heavy atom. The van der Waals surface area contributed by atoms with Crippen LogP contribution >= 0.6 is 11.6 Å². The molecule has 0 atom stereocenters. The van der Waals surface area contributed by atoms with Gasteiger partial charge in [-0.3, -0.25) is 4.79 Å². The predicted molar refractivity (Wildman–Crippen MR) is 71.0 cm³/mol. The lowest BCUT2D eigenvalue weighted by molar-refractivity contribution is -0.121. The summed E-state index contributed by atoms with van der Waals surface area (Å²) in [5.74, 6) is -0.303. The van der Waals surface area contributed by atoms with Gasteiger partial charge in [0.2, 0.25) is 5.91 Å². The van der Waals surface area contributed by atoms with Crippen molar-refractivity contribution in [2.75, 3.05) is 6.54 Å². The Morgan fingerprint density at radius 3 is 2.83 bits per heavy atom. The van der Waals surface area contributed by atoms with Gasteiger partial charge in [-0.05, 0) is 32.0 Å². The van der Waals surface area contributed by atoms with Gasteiger partial charge in [-0.25, -0.2) is 4.39 Å². The summed E-state index contributed by atoms with van der Waals surface area (Å²) >= 11 is 5.78. The molecule has 1 aromatic carbocycles. The SMILES string of the molecule is CC(C)NC(=O)CCNCc1cc(Cl)ccc1F. The van der Waals surface area contributed by atoms with E-state index in [1.807, 2.05) is 13.8 Å². The summed E-state index contributed by atoms with van der Waals surface area (Å²) in [5, 5.41) is 6.31. The van der Waals surface area contributed by atoms with Crippen molar-refractivity contribution >= 4 is 17.5 Å². The molecule has 0 spiro atoms. The summed E-state index contributed by atoms with van der Waals surface area (Å²) in [7, 11) is 0. The molecule has 1 aromatic rings. The number of benzene rings is 1. The third kappa shape index (κ3) is 5.47. The summed E-state index contributed by atoms with van der Waals surface area (Å²) in [4.78, 5) is 11.3. The van der Waals surface area contributed by atoms with E-state index in [9.17, 15) is 9.18 Å². The molecule has 0 unspecified atom stereocenters. The summed E-state index contributed by atoms with van der Waals surface area (Å²) in [6, 6.07) is 4.57. The van der Waals surface area contributed by atoms with Gasteiger partial charge in [-0.15, -0.1) is 0 Å². The molecule has 18 heavy (non-hydrogen) atoms. The third-order valence-electron chi connectivity index (χ3n) is 2.30. The van der Waals surface area contributed by atoms with Crippen LogP contribution in [0.5, 0.6) is 0 Å². The monoisotopic (exact) mass is 272 g/mol. The zero-order chi connectivity index (χ0) is 13.5. The molecule has 0 aliphatic rings. The standard InChI is InChI=1S/C13H18ClFN2O/c1-9(2)17-13(18)5-6-16-8-10-7-11(14)3-4-12(10)15/h3-4,7,9,16H,5-6,8H2,1-2H3,(H,17,18). The van der Waals surface area contributed by atoms with Crippen LogP contribution in [-0.2, 0) is 11.3 Å². The Balaban J connectivity index is 2.29. The van der Waals surface area contributed by atoms with Crippen molar-refractivity contribution in [3.05, 3.63) is 34.6 Å². The topological polar surface area (TPSA) is 41.1 Å². The molecule has 0 aliphatic carbocycles. The van der Waals surface area contributed by atoms with Crippen LogP contribution in [-0.4, -0.2) is 18.5 Å². The number of rotatable bonds is 6. The molecule has 2 N–H and O–H groups in total. The minimum absolute atomic E-state index is 0.0101. The lowest BCUT2D eigenvalue weighted by atomic mass is 10.2. The average Bonchev–Trinajstić information content (AvgIpc) is 2.28. The van der Waals surface area contributed by atoms with Gasteiger partial charge < -0.3 is 10.6 Å². The summed E-state index contributed by atoms with van der Waals surface area (Å²) in [5.41, 5.74) is 0.506. The molecule has 1 amide bonds. The number of halogens is 2. The highest BCUT2D eigenvalue weighted by Crippen LogP contribution is 2.14. The van der Waals surface area contributed by atoms with E-state index >= 15 is 0 Å². The van der Waals surface area contributed by atoms with E-state index in [-0.39, 0.29) is 17.8 Å². The van der Waals surface area contributed by atoms with Gasteiger partial charge in [-0.1, -0.05) is 11.6 Å². The van der Waals surface area contributed by atoms with E-state index in [2.05, 4.69) is 10.6 Å². The van der Waals surface area contributed by atoms with E-state index in [4.69, 9.17) is 11.6 Å². The van der Waals surface area contributed by atoms with Crippen LogP contribution < -0.4 is 10.6 Å². The first kappa shape index (κ1) is 14.9. The molecule has 0 heterocycles. The van der Waals surface area contributed by atoms with Crippen LogP contribution in [0.3, 0.4) is 0 Å². The van der Waals surface area contributed by atoms with E-state index in [0.717, 1.165) is 0 Å². The lowest BCUT2D eigenvalue weighted by Crippen LogP contribution is -2.32. The lowest BCUT2D eigenvalue weighted by Gasteiger charge is -2.09. The van der Waals surface area contributed by atoms with E-state index in [0.29, 0.717) is 30.1 Å². The molecule has 0 fully saturated rings. The van der Waals surface area contributed by atoms with Crippen LogP contribution in [0.25, 0.3) is 0 Å². The molecule has 1 rings (SSSR count). The smallest absolute Gasteiger partial charge is 0.221 e. The normalized spacial score (nSPS) is 10.7. The summed E-state index contributed by atoms with van der Waals surface area (Å²) in [6.07, 6.45) is 0.375. The minimum atomic E-state index is -0.293. The molecule has 0 bridgehead atoms. The second kappa shape index (κ2) is 7.34. The molecule has 0 aromatic heterocycles. The third-order valence-corrected chi connectivity index (χ3v) is 2.54. The van der Waals surface area contributed by atoms with Crippen molar-refractivity contribution in [2.45, 2.75) is 32.9 Å². The fraction of sp³-hybridized carbons (Fsp3) is 0.462. The molecule has 100 valence electrons. The number of hydrogen-bond donors (Lipinski definition) is 2. The Hall–Kier alpha value is -1.13. The second-order valence-electron chi connectivity index (χ2n) is 4.38. The molecule has 0 saturated heterocycles. The largest absolute Gasteiger partial charge is 0.354 e. The van der Waals surface area contributed by atoms with Crippen molar-refractivity contribution in [1.29, 1.82) is 0 Å². The van der Waals surface area contributed by atoms with Crippen LogP contribution in [0, 0.1) is 5.82 Å². The number of carbonyl (C=O) groups is 1. The Bertz CT molecular complexity index is 410. The maximum absolute atomic E-state index is 13.3. The first-order valence-electron chi connectivity index (χ1n) is 5.93. The number of hydrogen-bond acceptors (Lipinski definition) is 2. The first-order chi connectivity index (χ1) is 8.49. The number of nitrogens with one attached hydrogen (secondary N) is 2. The molecule has 3 nitrogen and oxygen atoms in total. The zero-order valence-electron chi connectivity index (χ0n) is 10.6. The summed E-state index contributed by atoms with van der Waals surface area (Å²) < 4.78 is 13.3. The van der Waals surface area contributed by atoms with Crippen LogP contribution in [0.4, 0.5) is 4.39 Å². The van der Waals surface area contributed by atoms with E-state index < -0.39 is 0 Å². The van der Waals surface area contributed by atoms with Crippen molar-refractivity contribution in [3.63, 3.8) is 0 Å². The maximum atomic E-state index is 13.3. The summed E-state index contributed by atoms with van der Waals surface area (Å²) in [6.45, 7) is 4.69. The highest BCUT2D eigenvalue weighted by Gasteiger charge is 2.04. The van der Waals surface area contributed by atoms with Gasteiger partial charge in [0.25, 0.3) is 0 Å². The van der Waals surface area contributed by atoms with Crippen molar-refractivity contribution in [3.8, 4) is 0 Å². The molecule has 0 radical (unpaired) electrons. The minimum Gasteiger partial charge on any atom is -0.354 e. The van der Waals surface area contributed by atoms with Gasteiger partial charge in [-0.2, -0.15) is 0 Å². The van der Waals surface area contributed by atoms with E-state index in [1.54, 1.807) is 6.07 Å². The van der Waals surface area contributed by atoms with Crippen molar-refractivity contribution in [2.24, 2.45) is 0 Å². The van der Waals surface area contributed by atoms with Crippen molar-refractivity contribution < 1.29 is 9.18 Å². The fourth-order valence-electron chi connectivity index (χ4n) is 1.50. The Morgan fingerprint density at radius 1 is 1.44 bits per heavy atom. The molecule has 0 saturated carbocycles. The fourth-order valence-corrected chi connectivity index (χ4v) is 1.69. The van der Waals surface area contributed by atoms with E-state index in [1.165, 1.54) is 12.1 Å². The van der Waals surface area contributed by atoms with Crippen LogP contribution in [0.2, 0.25) is 5.02 Å². The average molecular weight is 273 g/mol. The quantitative estimate of drug-likeness (QED) is 0.781. The first-order valence-corrected chi connectivity index (χ1v) is 6.31. The maximum Gasteiger partial charge on any atom is 0.221 e. The van der Waals surface area contributed by atoms with Crippen molar-refractivity contribution in [1.82, 2.24) is 10.6 Å². The van der Waals surface area contributed by atoms with Gasteiger partial charge in [0.15, 0.2) is 0 Å². The Kier molecular flexibility index (Phi) is 6.09. The zero-order valence-corrected chi connectivity index (χ0v) is 11.4. The molecule has 5 heteroatoms. The molecular weight excluding hydrogens is 255 g/mol. The highest BCUT2D eigenvalue weighted by atomic mass is 35.5. The molecular formula is C13H18ClFN2O. The van der Waals surface area contributed by atoms with Gasteiger partial charge in [0, 0.05) is 36.1 Å². The van der Waals surface area contributed by atoms with Gasteiger partial charge in [0.05, 0.1) is 0 Å². The number of carbonyl (C=O) groups excluding carboxylic acids is 1. The van der Waals surface area contributed by atoms with Gasteiger partial charge in [0.1, 0.15) is 5.82 Å². The second-order valence-corrected chi connectivity index (χ2v) is 4.82. The van der Waals surface area contributed by atoms with Crippen LogP contribution in [0.15, 0.2) is 18.2 Å². The number of amides is 1. The highest BCUT2D eigenvalue weighted by molar-refractivity contribution is 6.30. The predicted octanol–water partition coefficient (Wildman–Crippen LogP) is 2.48. The Labute approximate surface area is 112 Å².